The molecule has 1 heterocycles. The number of carbonyl (C=O) groups is 2. The summed E-state index contributed by atoms with van der Waals surface area (Å²) >= 11 is 6.30. The first-order valence-electron chi connectivity index (χ1n) is 15.1. The lowest BCUT2D eigenvalue weighted by atomic mass is 10.1. The van der Waals surface area contributed by atoms with Gasteiger partial charge in [-0.1, -0.05) is 66.9 Å². The highest BCUT2D eigenvalue weighted by Crippen LogP contribution is 2.32. The number of amides is 2. The SMILES string of the molecule is CN(c1ccccc1Nc1nc(Nc2ccc(C(=O)NCCCCCCC(=O)NOCc3ccccc3)c(F)c2)ncc1Cl)S(C)(=O)=O. The number of hydrogen-bond donors (Lipinski definition) is 4. The summed E-state index contributed by atoms with van der Waals surface area (Å²) in [5.41, 5.74) is 4.40. The predicted octanol–water partition coefficient (Wildman–Crippen LogP) is 6.08. The first-order chi connectivity index (χ1) is 23.0. The van der Waals surface area contributed by atoms with Crippen LogP contribution < -0.4 is 25.7 Å². The molecule has 0 aliphatic rings. The molecule has 0 saturated heterocycles. The van der Waals surface area contributed by atoms with E-state index in [0.29, 0.717) is 49.5 Å². The maximum atomic E-state index is 14.9. The van der Waals surface area contributed by atoms with E-state index in [2.05, 4.69) is 31.4 Å². The van der Waals surface area contributed by atoms with E-state index in [4.69, 9.17) is 16.4 Å². The minimum absolute atomic E-state index is 0.0876. The highest BCUT2D eigenvalue weighted by atomic mass is 35.5. The number of anilines is 5. The highest BCUT2D eigenvalue weighted by molar-refractivity contribution is 7.92. The summed E-state index contributed by atoms with van der Waals surface area (Å²) < 4.78 is 40.2. The van der Waals surface area contributed by atoms with Crippen LogP contribution in [0.3, 0.4) is 0 Å². The van der Waals surface area contributed by atoms with Gasteiger partial charge in [0.2, 0.25) is 21.9 Å². The fourth-order valence-corrected chi connectivity index (χ4v) is 5.12. The predicted molar refractivity (Wildman–Crippen MR) is 184 cm³/mol. The number of carbonyl (C=O) groups excluding carboxylic acids is 2. The third-order valence-corrected chi connectivity index (χ3v) is 8.56. The molecule has 48 heavy (non-hydrogen) atoms. The topological polar surface area (TPSA) is 155 Å². The second-order valence-electron chi connectivity index (χ2n) is 10.8. The number of sulfonamides is 1. The van der Waals surface area contributed by atoms with Gasteiger partial charge in [0.1, 0.15) is 10.8 Å². The van der Waals surface area contributed by atoms with E-state index in [9.17, 15) is 22.4 Å². The minimum Gasteiger partial charge on any atom is -0.352 e. The van der Waals surface area contributed by atoms with Crippen LogP contribution in [-0.2, 0) is 26.3 Å². The van der Waals surface area contributed by atoms with E-state index in [1.54, 1.807) is 24.3 Å². The Bertz CT molecular complexity index is 1820. The van der Waals surface area contributed by atoms with Gasteiger partial charge < -0.3 is 16.0 Å². The van der Waals surface area contributed by atoms with Crippen LogP contribution in [0, 0.1) is 5.82 Å². The molecule has 15 heteroatoms. The largest absolute Gasteiger partial charge is 0.352 e. The molecular formula is C33H37ClFN7O5S. The third kappa shape index (κ3) is 10.9. The van der Waals surface area contributed by atoms with E-state index >= 15 is 0 Å². The van der Waals surface area contributed by atoms with E-state index in [1.165, 1.54) is 25.4 Å². The van der Waals surface area contributed by atoms with Crippen molar-refractivity contribution in [1.82, 2.24) is 20.8 Å². The van der Waals surface area contributed by atoms with E-state index in [1.807, 2.05) is 30.3 Å². The summed E-state index contributed by atoms with van der Waals surface area (Å²) in [5, 5.41) is 8.81. The molecule has 3 aromatic carbocycles. The number of rotatable bonds is 17. The van der Waals surface area contributed by atoms with Crippen molar-refractivity contribution in [3.63, 3.8) is 0 Å². The van der Waals surface area contributed by atoms with Crippen molar-refractivity contribution in [1.29, 1.82) is 0 Å². The summed E-state index contributed by atoms with van der Waals surface area (Å²) in [6.45, 7) is 0.662. The molecule has 12 nitrogen and oxygen atoms in total. The Morgan fingerprint density at radius 3 is 2.44 bits per heavy atom. The van der Waals surface area contributed by atoms with Gasteiger partial charge in [-0.2, -0.15) is 4.98 Å². The van der Waals surface area contributed by atoms with Crippen LogP contribution in [0.25, 0.3) is 0 Å². The lowest BCUT2D eigenvalue weighted by Crippen LogP contribution is -2.25. The maximum Gasteiger partial charge on any atom is 0.254 e. The summed E-state index contributed by atoms with van der Waals surface area (Å²) in [7, 11) is -2.10. The van der Waals surface area contributed by atoms with Gasteiger partial charge in [-0.15, -0.1) is 0 Å². The van der Waals surface area contributed by atoms with Crippen molar-refractivity contribution >= 4 is 62.3 Å². The quantitative estimate of drug-likeness (QED) is 0.0759. The van der Waals surface area contributed by atoms with Gasteiger partial charge in [-0.25, -0.2) is 23.3 Å². The highest BCUT2D eigenvalue weighted by Gasteiger charge is 2.17. The van der Waals surface area contributed by atoms with Crippen molar-refractivity contribution in [3.05, 3.63) is 101 Å². The second kappa shape index (κ2) is 17.4. The lowest BCUT2D eigenvalue weighted by Gasteiger charge is -2.21. The standard InChI is InChI=1S/C33H37ClFN7O5S/c1-42(48(2,45)46)29-15-10-9-14-28(29)39-31-26(34)21-37-33(40-31)38-24-17-18-25(27(35)20-24)32(44)36-19-11-4-3-8-16-30(43)41-47-22-23-12-6-5-7-13-23/h5-7,9-10,12-15,17-18,20-21H,3-4,8,11,16,19,22H2,1-2H3,(H,36,44)(H,41,43)(H2,37,38,39,40). The molecule has 1 aromatic heterocycles. The van der Waals surface area contributed by atoms with E-state index in [-0.39, 0.29) is 28.3 Å². The molecule has 2 amide bonds. The Kier molecular flexibility index (Phi) is 13.1. The van der Waals surface area contributed by atoms with Crippen LogP contribution in [-0.4, -0.2) is 50.0 Å². The van der Waals surface area contributed by atoms with Crippen LogP contribution in [0.1, 0.15) is 48.0 Å². The maximum absolute atomic E-state index is 14.9. The molecule has 0 aliphatic carbocycles. The van der Waals surface area contributed by atoms with Crippen molar-refractivity contribution in [2.45, 2.75) is 38.7 Å². The van der Waals surface area contributed by atoms with Gasteiger partial charge in [0.25, 0.3) is 5.91 Å². The Morgan fingerprint density at radius 2 is 1.69 bits per heavy atom. The van der Waals surface area contributed by atoms with Crippen molar-refractivity contribution < 1.29 is 27.2 Å². The Balaban J connectivity index is 1.21. The number of aromatic nitrogens is 2. The molecule has 4 aromatic rings. The van der Waals surface area contributed by atoms with E-state index in [0.717, 1.165) is 35.0 Å². The number of nitrogens with one attached hydrogen (secondary N) is 4. The zero-order chi connectivity index (χ0) is 34.5. The van der Waals surface area contributed by atoms with Crippen molar-refractivity contribution in [2.24, 2.45) is 0 Å². The Hall–Kier alpha value is -4.79. The normalized spacial score (nSPS) is 11.1. The van der Waals surface area contributed by atoms with Gasteiger partial charge in [-0.05, 0) is 48.7 Å². The molecule has 0 saturated carbocycles. The van der Waals surface area contributed by atoms with Crippen LogP contribution in [0.5, 0.6) is 0 Å². The average Bonchev–Trinajstić information content (AvgIpc) is 3.06. The average molecular weight is 698 g/mol. The summed E-state index contributed by atoms with van der Waals surface area (Å²) in [6.07, 6.45) is 5.72. The number of hydrogen-bond acceptors (Lipinski definition) is 9. The first kappa shape index (κ1) is 36.1. The molecule has 0 atom stereocenters. The molecule has 0 unspecified atom stereocenters. The third-order valence-electron chi connectivity index (χ3n) is 7.09. The molecule has 4 rings (SSSR count). The second-order valence-corrected chi connectivity index (χ2v) is 13.2. The smallest absolute Gasteiger partial charge is 0.254 e. The zero-order valence-corrected chi connectivity index (χ0v) is 28.1. The molecular weight excluding hydrogens is 661 g/mol. The summed E-state index contributed by atoms with van der Waals surface area (Å²) in [6, 6.07) is 20.3. The lowest BCUT2D eigenvalue weighted by molar-refractivity contribution is -0.134. The number of nitrogens with zero attached hydrogens (tertiary/aromatic N) is 3. The molecule has 4 N–H and O–H groups in total. The number of para-hydroxylation sites is 2. The monoisotopic (exact) mass is 697 g/mol. The van der Waals surface area contributed by atoms with Gasteiger partial charge in [0.15, 0.2) is 5.82 Å². The molecule has 0 fully saturated rings. The molecule has 0 spiro atoms. The van der Waals surface area contributed by atoms with Gasteiger partial charge in [-0.3, -0.25) is 18.7 Å². The minimum atomic E-state index is -3.53. The van der Waals surface area contributed by atoms with E-state index < -0.39 is 21.7 Å². The number of hydroxylamine groups is 1. The molecule has 0 bridgehead atoms. The van der Waals surface area contributed by atoms with Crippen LogP contribution in [0.2, 0.25) is 5.02 Å². The van der Waals surface area contributed by atoms with Gasteiger partial charge in [0.05, 0.1) is 36.0 Å². The van der Waals surface area contributed by atoms with Crippen LogP contribution in [0.15, 0.2) is 79.0 Å². The Morgan fingerprint density at radius 1 is 0.958 bits per heavy atom. The fourth-order valence-electron chi connectivity index (χ4n) is 4.47. The van der Waals surface area contributed by atoms with Crippen LogP contribution in [0.4, 0.5) is 33.2 Å². The van der Waals surface area contributed by atoms with Crippen molar-refractivity contribution in [2.75, 3.05) is 34.8 Å². The first-order valence-corrected chi connectivity index (χ1v) is 17.4. The van der Waals surface area contributed by atoms with Gasteiger partial charge >= 0.3 is 0 Å². The van der Waals surface area contributed by atoms with Gasteiger partial charge in [0, 0.05) is 25.7 Å². The van der Waals surface area contributed by atoms with Crippen molar-refractivity contribution in [3.8, 4) is 0 Å². The fraction of sp³-hybridized carbons (Fsp3) is 0.273. The Labute approximate surface area is 284 Å². The number of halogens is 2. The molecule has 254 valence electrons. The zero-order valence-electron chi connectivity index (χ0n) is 26.5. The molecule has 0 aliphatic heterocycles. The van der Waals surface area contributed by atoms with Crippen LogP contribution >= 0.6 is 11.6 Å². The summed E-state index contributed by atoms with van der Waals surface area (Å²) in [4.78, 5) is 38.2. The molecule has 0 radical (unpaired) electrons. The summed E-state index contributed by atoms with van der Waals surface area (Å²) in [5.74, 6) is -1.18. The number of benzene rings is 3. The number of unbranched alkanes of at least 4 members (excludes halogenated alkanes) is 3.